The van der Waals surface area contributed by atoms with Crippen LogP contribution in [0.1, 0.15) is 16.8 Å². The Balaban J connectivity index is 0.00000162. The first-order valence-corrected chi connectivity index (χ1v) is 5.83. The van der Waals surface area contributed by atoms with Gasteiger partial charge in [-0.3, -0.25) is 9.78 Å². The van der Waals surface area contributed by atoms with Gasteiger partial charge in [-0.2, -0.15) is 0 Å². The van der Waals surface area contributed by atoms with Crippen LogP contribution < -0.4 is 11.1 Å². The maximum absolute atomic E-state index is 11.9. The second kappa shape index (κ2) is 8.19. The number of carbonyl (C=O) groups excluding carboxylic acids is 1. The highest BCUT2D eigenvalue weighted by atomic mass is 35.5. The number of carbonyl (C=O) groups is 1. The molecule has 1 atom stereocenters. The van der Waals surface area contributed by atoms with Gasteiger partial charge in [0.15, 0.2) is 0 Å². The van der Waals surface area contributed by atoms with Crippen LogP contribution in [0, 0.1) is 5.92 Å². The molecule has 0 saturated carbocycles. The summed E-state index contributed by atoms with van der Waals surface area (Å²) in [6.07, 6.45) is 4.22. The van der Waals surface area contributed by atoms with E-state index >= 15 is 0 Å². The molecule has 1 aromatic heterocycles. The minimum absolute atomic E-state index is 0. The highest BCUT2D eigenvalue weighted by molar-refractivity contribution is 5.98. The molecule has 0 bridgehead atoms. The quantitative estimate of drug-likeness (QED) is 0.880. The predicted molar refractivity (Wildman–Crippen MR) is 81.1 cm³/mol. The fourth-order valence-corrected chi connectivity index (χ4v) is 2.12. The van der Waals surface area contributed by atoms with Gasteiger partial charge in [0, 0.05) is 31.2 Å². The van der Waals surface area contributed by atoms with Crippen molar-refractivity contribution in [3.05, 3.63) is 24.0 Å². The number of aromatic nitrogens is 1. The van der Waals surface area contributed by atoms with Gasteiger partial charge in [0.25, 0.3) is 5.91 Å². The van der Waals surface area contributed by atoms with Crippen molar-refractivity contribution in [2.75, 3.05) is 32.4 Å². The lowest BCUT2D eigenvalue weighted by Crippen LogP contribution is -2.31. The molecule has 7 heteroatoms. The van der Waals surface area contributed by atoms with E-state index in [0.717, 1.165) is 19.5 Å². The van der Waals surface area contributed by atoms with E-state index < -0.39 is 0 Å². The Bertz CT molecular complexity index is 416. The fourth-order valence-electron chi connectivity index (χ4n) is 2.12. The highest BCUT2D eigenvalue weighted by Gasteiger charge is 2.20. The molecule has 1 amide bonds. The molecule has 1 aliphatic rings. The number of anilines is 1. The van der Waals surface area contributed by atoms with Gasteiger partial charge >= 0.3 is 0 Å². The Morgan fingerprint density at radius 1 is 1.58 bits per heavy atom. The lowest BCUT2D eigenvalue weighted by atomic mass is 10.1. The number of likely N-dealkylation sites (tertiary alicyclic amines) is 1. The average molecular weight is 307 g/mol. The SMILES string of the molecule is CN1CCC(CNC(=O)c2cnccc2N)C1.Cl.Cl. The van der Waals surface area contributed by atoms with E-state index in [2.05, 4.69) is 22.2 Å². The molecule has 1 unspecified atom stereocenters. The monoisotopic (exact) mass is 306 g/mol. The molecule has 0 radical (unpaired) electrons. The molecule has 0 aliphatic carbocycles. The zero-order valence-corrected chi connectivity index (χ0v) is 12.5. The van der Waals surface area contributed by atoms with Crippen LogP contribution in [0.3, 0.4) is 0 Å². The first kappa shape index (κ1) is 18.0. The Kier molecular flexibility index (Phi) is 7.75. The number of hydrogen-bond acceptors (Lipinski definition) is 4. The summed E-state index contributed by atoms with van der Waals surface area (Å²) < 4.78 is 0. The van der Waals surface area contributed by atoms with Crippen LogP contribution in [0.15, 0.2) is 18.5 Å². The number of pyridine rings is 1. The van der Waals surface area contributed by atoms with Crippen molar-refractivity contribution in [3.8, 4) is 0 Å². The third kappa shape index (κ3) is 4.86. The van der Waals surface area contributed by atoms with Crippen LogP contribution in [0.25, 0.3) is 0 Å². The molecule has 1 saturated heterocycles. The molecule has 1 aliphatic heterocycles. The zero-order valence-electron chi connectivity index (χ0n) is 10.8. The molecule has 2 rings (SSSR count). The van der Waals surface area contributed by atoms with Crippen LogP contribution in [0.5, 0.6) is 0 Å². The van der Waals surface area contributed by atoms with Crippen LogP contribution >= 0.6 is 24.8 Å². The van der Waals surface area contributed by atoms with Crippen molar-refractivity contribution < 1.29 is 4.79 Å². The van der Waals surface area contributed by atoms with Crippen LogP contribution in [-0.4, -0.2) is 42.5 Å². The van der Waals surface area contributed by atoms with Gasteiger partial charge in [-0.05, 0) is 32.0 Å². The number of nitrogens with one attached hydrogen (secondary N) is 1. The lowest BCUT2D eigenvalue weighted by molar-refractivity contribution is 0.0948. The topological polar surface area (TPSA) is 71.2 Å². The van der Waals surface area contributed by atoms with Gasteiger partial charge in [-0.25, -0.2) is 0 Å². The van der Waals surface area contributed by atoms with Crippen LogP contribution in [0.4, 0.5) is 5.69 Å². The van der Waals surface area contributed by atoms with Gasteiger partial charge < -0.3 is 16.0 Å². The number of nitrogens with zero attached hydrogens (tertiary/aromatic N) is 2. The summed E-state index contributed by atoms with van der Waals surface area (Å²) in [5, 5.41) is 2.92. The molecule has 0 spiro atoms. The van der Waals surface area contributed by atoms with Crippen molar-refractivity contribution in [1.82, 2.24) is 15.2 Å². The molecule has 19 heavy (non-hydrogen) atoms. The van der Waals surface area contributed by atoms with Crippen molar-refractivity contribution in [2.45, 2.75) is 6.42 Å². The Labute approximate surface area is 125 Å². The minimum Gasteiger partial charge on any atom is -0.398 e. The van der Waals surface area contributed by atoms with Gasteiger partial charge in [-0.1, -0.05) is 0 Å². The first-order valence-electron chi connectivity index (χ1n) is 5.83. The van der Waals surface area contributed by atoms with E-state index in [9.17, 15) is 4.79 Å². The van der Waals surface area contributed by atoms with Gasteiger partial charge in [0.05, 0.1) is 5.56 Å². The zero-order chi connectivity index (χ0) is 12.3. The van der Waals surface area contributed by atoms with E-state index in [1.165, 1.54) is 6.20 Å². The maximum atomic E-state index is 11.9. The third-order valence-electron chi connectivity index (χ3n) is 3.14. The summed E-state index contributed by atoms with van der Waals surface area (Å²) >= 11 is 0. The predicted octanol–water partition coefficient (Wildman–Crippen LogP) is 1.19. The van der Waals surface area contributed by atoms with Gasteiger partial charge in [-0.15, -0.1) is 24.8 Å². The van der Waals surface area contributed by atoms with Crippen molar-refractivity contribution >= 4 is 36.4 Å². The van der Waals surface area contributed by atoms with Gasteiger partial charge in [0.1, 0.15) is 0 Å². The second-order valence-corrected chi connectivity index (χ2v) is 4.59. The first-order chi connectivity index (χ1) is 8.16. The van der Waals surface area contributed by atoms with Crippen molar-refractivity contribution in [2.24, 2.45) is 5.92 Å². The second-order valence-electron chi connectivity index (χ2n) is 4.59. The molecule has 5 nitrogen and oxygen atoms in total. The van der Waals surface area contributed by atoms with E-state index in [1.54, 1.807) is 12.3 Å². The van der Waals surface area contributed by atoms with Crippen molar-refractivity contribution in [1.29, 1.82) is 0 Å². The summed E-state index contributed by atoms with van der Waals surface area (Å²) in [5.41, 5.74) is 6.65. The summed E-state index contributed by atoms with van der Waals surface area (Å²) in [5.74, 6) is 0.409. The number of nitrogens with two attached hydrogens (primary N) is 1. The van der Waals surface area contributed by atoms with E-state index in [1.807, 2.05) is 0 Å². The molecule has 3 N–H and O–H groups in total. The largest absolute Gasteiger partial charge is 0.398 e. The van der Waals surface area contributed by atoms with E-state index in [0.29, 0.717) is 23.7 Å². The molecule has 1 aromatic rings. The average Bonchev–Trinajstić information content (AvgIpc) is 2.73. The van der Waals surface area contributed by atoms with E-state index in [4.69, 9.17) is 5.73 Å². The summed E-state index contributed by atoms with van der Waals surface area (Å²) in [6, 6.07) is 1.64. The molecular weight excluding hydrogens is 287 g/mol. The molecule has 0 aromatic carbocycles. The molecule has 2 heterocycles. The van der Waals surface area contributed by atoms with Crippen molar-refractivity contribution in [3.63, 3.8) is 0 Å². The van der Waals surface area contributed by atoms with Crippen LogP contribution in [-0.2, 0) is 0 Å². The number of nitrogen functional groups attached to an aromatic ring is 1. The molecular formula is C12H20Cl2N4O. The lowest BCUT2D eigenvalue weighted by Gasteiger charge is -2.12. The third-order valence-corrected chi connectivity index (χ3v) is 3.14. The minimum atomic E-state index is -0.134. The Morgan fingerprint density at radius 3 is 2.89 bits per heavy atom. The van der Waals surface area contributed by atoms with E-state index in [-0.39, 0.29) is 30.7 Å². The van der Waals surface area contributed by atoms with Crippen LogP contribution in [0.2, 0.25) is 0 Å². The number of hydrogen-bond donors (Lipinski definition) is 2. The van der Waals surface area contributed by atoms with Gasteiger partial charge in [0.2, 0.25) is 0 Å². The maximum Gasteiger partial charge on any atom is 0.254 e. The molecule has 1 fully saturated rings. The smallest absolute Gasteiger partial charge is 0.254 e. The Morgan fingerprint density at radius 2 is 2.32 bits per heavy atom. The number of halogens is 2. The Hall–Kier alpha value is -1.04. The number of rotatable bonds is 3. The number of amides is 1. The normalized spacial score (nSPS) is 18.3. The molecule has 108 valence electrons. The highest BCUT2D eigenvalue weighted by Crippen LogP contribution is 2.14. The standard InChI is InChI=1S/C12H18N4O.2ClH/c1-16-5-3-9(8-16)6-15-12(17)10-7-14-4-2-11(10)13;;/h2,4,7,9H,3,5-6,8H2,1H3,(H2,13,14)(H,15,17);2*1H. The fraction of sp³-hybridized carbons (Fsp3) is 0.500. The summed E-state index contributed by atoms with van der Waals surface area (Å²) in [6.45, 7) is 2.86. The summed E-state index contributed by atoms with van der Waals surface area (Å²) in [7, 11) is 2.10. The summed E-state index contributed by atoms with van der Waals surface area (Å²) in [4.78, 5) is 18.0.